The summed E-state index contributed by atoms with van der Waals surface area (Å²) in [6.45, 7) is 0.149. The van der Waals surface area contributed by atoms with E-state index in [1.807, 2.05) is 66.2 Å². The van der Waals surface area contributed by atoms with Crippen molar-refractivity contribution in [1.29, 1.82) is 0 Å². The van der Waals surface area contributed by atoms with Crippen LogP contribution < -0.4 is 10.1 Å². The summed E-state index contributed by atoms with van der Waals surface area (Å²) in [5.74, 6) is -2.03. The lowest BCUT2D eigenvalue weighted by atomic mass is 9.85. The first kappa shape index (κ1) is 31.7. The van der Waals surface area contributed by atoms with Crippen molar-refractivity contribution in [2.24, 2.45) is 4.99 Å². The minimum absolute atomic E-state index is 0.0200. The number of nitrogens with one attached hydrogen (secondary N) is 1. The number of carbonyl (C=O) groups excluding carboxylic acids is 3. The van der Waals surface area contributed by atoms with Gasteiger partial charge < -0.3 is 19.8 Å². The van der Waals surface area contributed by atoms with Crippen molar-refractivity contribution in [1.82, 2.24) is 15.3 Å². The van der Waals surface area contributed by atoms with E-state index in [4.69, 9.17) is 14.6 Å². The minimum Gasteiger partial charge on any atom is -0.410 e. The number of hydrogen-bond acceptors (Lipinski definition) is 6. The summed E-state index contributed by atoms with van der Waals surface area (Å²) in [5.41, 5.74) is 1.78. The van der Waals surface area contributed by atoms with E-state index < -0.39 is 41.2 Å². The van der Waals surface area contributed by atoms with Crippen LogP contribution in [0, 0.1) is 11.6 Å². The van der Waals surface area contributed by atoms with Crippen LogP contribution in [0.25, 0.3) is 0 Å². The van der Waals surface area contributed by atoms with Gasteiger partial charge in [-0.3, -0.25) is 9.59 Å². The first-order valence-corrected chi connectivity index (χ1v) is 15.8. The zero-order valence-electron chi connectivity index (χ0n) is 26.5. The second kappa shape index (κ2) is 12.9. The molecule has 49 heavy (non-hydrogen) atoms. The maximum absolute atomic E-state index is 14.6. The Bertz CT molecular complexity index is 1970. The summed E-state index contributed by atoms with van der Waals surface area (Å²) >= 11 is 0. The van der Waals surface area contributed by atoms with Gasteiger partial charge in [-0.05, 0) is 48.7 Å². The Morgan fingerprint density at radius 3 is 2.24 bits per heavy atom. The van der Waals surface area contributed by atoms with Crippen molar-refractivity contribution in [3.05, 3.63) is 131 Å². The van der Waals surface area contributed by atoms with Crippen LogP contribution in [-0.2, 0) is 20.8 Å². The predicted molar refractivity (Wildman–Crippen MR) is 175 cm³/mol. The molecule has 0 bridgehead atoms. The van der Waals surface area contributed by atoms with Crippen molar-refractivity contribution in [3.63, 3.8) is 0 Å². The SMILES string of the molecule is C[N+]1=C2ON(C(=O)C3(NC(=O)Cc4cc(F)cc(F)c4)CCN(C(=O)Oc4ccccc4)CC3)[C@@H]2N=C(c2ccccc2)c2ccccc21. The van der Waals surface area contributed by atoms with Crippen LogP contribution in [0.3, 0.4) is 0 Å². The van der Waals surface area contributed by atoms with Gasteiger partial charge in [0.25, 0.3) is 12.1 Å². The minimum atomic E-state index is -1.53. The molecular weight excluding hydrogens is 632 g/mol. The molecule has 0 spiro atoms. The third-order valence-corrected chi connectivity index (χ3v) is 8.88. The van der Waals surface area contributed by atoms with E-state index in [0.29, 0.717) is 17.4 Å². The van der Waals surface area contributed by atoms with Crippen LogP contribution in [0.15, 0.2) is 108 Å². The molecule has 3 aliphatic rings. The Morgan fingerprint density at radius 2 is 1.55 bits per heavy atom. The van der Waals surface area contributed by atoms with Gasteiger partial charge in [0.15, 0.2) is 0 Å². The summed E-state index contributed by atoms with van der Waals surface area (Å²) in [7, 11) is 1.83. The summed E-state index contributed by atoms with van der Waals surface area (Å²) in [4.78, 5) is 53.6. The van der Waals surface area contributed by atoms with Gasteiger partial charge >= 0.3 is 12.0 Å². The highest BCUT2D eigenvalue weighted by atomic mass is 19.1. The average Bonchev–Trinajstić information content (AvgIpc) is 3.17. The van der Waals surface area contributed by atoms with Crippen LogP contribution in [-0.4, -0.2) is 75.9 Å². The fourth-order valence-electron chi connectivity index (χ4n) is 6.38. The molecule has 0 aliphatic carbocycles. The molecule has 4 aromatic rings. The normalized spacial score (nSPS) is 17.8. The number of fused-ring (bicyclic) bond motifs is 2. The quantitative estimate of drug-likeness (QED) is 0.293. The van der Waals surface area contributed by atoms with E-state index in [0.717, 1.165) is 40.1 Å². The number of benzene rings is 4. The molecule has 2 fully saturated rings. The van der Waals surface area contributed by atoms with Crippen molar-refractivity contribution >= 4 is 35.2 Å². The highest BCUT2D eigenvalue weighted by Gasteiger charge is 2.57. The van der Waals surface area contributed by atoms with E-state index in [1.165, 1.54) is 4.90 Å². The average molecular weight is 665 g/mol. The molecule has 1 N–H and O–H groups in total. The van der Waals surface area contributed by atoms with Crippen LogP contribution in [0.1, 0.15) is 29.5 Å². The number of hydroxylamine groups is 2. The largest absolute Gasteiger partial charge is 0.416 e. The van der Waals surface area contributed by atoms with Crippen molar-refractivity contribution in [2.45, 2.75) is 31.0 Å². The summed E-state index contributed by atoms with van der Waals surface area (Å²) in [6, 6.07) is 28.8. The Morgan fingerprint density at radius 1 is 0.918 bits per heavy atom. The van der Waals surface area contributed by atoms with Gasteiger partial charge in [-0.25, -0.2) is 18.6 Å². The zero-order chi connectivity index (χ0) is 34.1. The maximum Gasteiger partial charge on any atom is 0.416 e. The molecule has 7 rings (SSSR count). The second-order valence-corrected chi connectivity index (χ2v) is 12.1. The third-order valence-electron chi connectivity index (χ3n) is 8.88. The topological polar surface area (TPSA) is 104 Å². The van der Waals surface area contributed by atoms with Gasteiger partial charge in [-0.15, -0.1) is 5.06 Å². The molecule has 12 heteroatoms. The molecule has 0 unspecified atom stereocenters. The first-order valence-electron chi connectivity index (χ1n) is 15.8. The predicted octanol–water partition coefficient (Wildman–Crippen LogP) is 4.98. The number of ether oxygens (including phenoxy) is 1. The van der Waals surface area contributed by atoms with Gasteiger partial charge in [0.1, 0.15) is 30.0 Å². The Hall–Kier alpha value is -5.91. The molecule has 248 valence electrons. The van der Waals surface area contributed by atoms with E-state index in [9.17, 15) is 23.2 Å². The molecule has 2 saturated heterocycles. The monoisotopic (exact) mass is 664 g/mol. The van der Waals surface area contributed by atoms with Gasteiger partial charge in [-0.2, -0.15) is 4.58 Å². The molecule has 0 aromatic heterocycles. The number of para-hydroxylation sites is 2. The number of aliphatic imine (C=N–C) groups is 1. The molecule has 0 saturated carbocycles. The smallest absolute Gasteiger partial charge is 0.410 e. The fraction of sp³-hybridized carbons (Fsp3) is 0.216. The van der Waals surface area contributed by atoms with Crippen LogP contribution in [0.5, 0.6) is 5.75 Å². The van der Waals surface area contributed by atoms with Crippen molar-refractivity contribution in [2.75, 3.05) is 20.1 Å². The standard InChI is InChI=1S/C37H31F2N5O5/c1-42-30-15-9-8-14-29(30)32(25-10-4-2-5-11-25)40-33-34(42)49-44(33)35(46)37(41-31(45)22-24-20-26(38)23-27(39)21-24)16-18-43(19-17-37)36(47)48-28-12-6-3-7-13-28/h2-15,20-21,23,33H,16-19,22H2,1H3/p+1/t33-/m0/s1. The number of carbonyl (C=O) groups is 3. The number of nitrogens with zero attached hydrogens (tertiary/aromatic N) is 4. The van der Waals surface area contributed by atoms with E-state index in [1.54, 1.807) is 30.3 Å². The lowest BCUT2D eigenvalue weighted by Gasteiger charge is -2.45. The van der Waals surface area contributed by atoms with Crippen molar-refractivity contribution in [3.8, 4) is 5.75 Å². The Balaban J connectivity index is 1.19. The van der Waals surface area contributed by atoms with Gasteiger partial charge in [-0.1, -0.05) is 60.7 Å². The fourth-order valence-corrected chi connectivity index (χ4v) is 6.38. The van der Waals surface area contributed by atoms with E-state index >= 15 is 0 Å². The molecule has 3 amide bonds. The van der Waals surface area contributed by atoms with Crippen molar-refractivity contribution < 1.29 is 37.3 Å². The number of piperidine rings is 1. The number of likely N-dealkylation sites (tertiary alicyclic amines) is 1. The number of amides is 3. The summed E-state index contributed by atoms with van der Waals surface area (Å²) < 4.78 is 35.2. The molecule has 3 aliphatic heterocycles. The van der Waals surface area contributed by atoms with E-state index in [2.05, 4.69) is 5.32 Å². The number of hydrogen-bond donors (Lipinski definition) is 1. The lowest BCUT2D eigenvalue weighted by molar-refractivity contribution is -0.440. The van der Waals surface area contributed by atoms with Crippen LogP contribution in [0.4, 0.5) is 19.3 Å². The van der Waals surface area contributed by atoms with Crippen LogP contribution in [0.2, 0.25) is 0 Å². The Labute approximate surface area is 280 Å². The molecule has 1 atom stereocenters. The zero-order valence-corrected chi connectivity index (χ0v) is 26.5. The van der Waals surface area contributed by atoms with Gasteiger partial charge in [0, 0.05) is 30.8 Å². The first-order chi connectivity index (χ1) is 23.7. The van der Waals surface area contributed by atoms with Crippen LogP contribution >= 0.6 is 0 Å². The molecule has 4 aromatic carbocycles. The summed E-state index contributed by atoms with van der Waals surface area (Å²) in [5, 5.41) is 4.01. The number of halogens is 2. The molecular formula is C37H32F2N5O5+. The summed E-state index contributed by atoms with van der Waals surface area (Å²) in [6.07, 6.45) is -1.78. The maximum atomic E-state index is 14.6. The molecule has 10 nitrogen and oxygen atoms in total. The molecule has 0 radical (unpaired) electrons. The highest BCUT2D eigenvalue weighted by Crippen LogP contribution is 2.35. The highest BCUT2D eigenvalue weighted by molar-refractivity contribution is 6.17. The molecule has 3 heterocycles. The third kappa shape index (κ3) is 6.24. The van der Waals surface area contributed by atoms with Gasteiger partial charge in [0.2, 0.25) is 11.6 Å². The lowest BCUT2D eigenvalue weighted by Crippen LogP contribution is -2.70. The van der Waals surface area contributed by atoms with E-state index in [-0.39, 0.29) is 37.9 Å². The number of rotatable bonds is 6. The van der Waals surface area contributed by atoms with Gasteiger partial charge in [0.05, 0.1) is 17.7 Å². The Kier molecular flexibility index (Phi) is 8.37. The second-order valence-electron chi connectivity index (χ2n) is 12.1.